The second kappa shape index (κ2) is 4.93. The van der Waals surface area contributed by atoms with E-state index in [0.717, 1.165) is 6.33 Å². The Morgan fingerprint density at radius 2 is 2.38 bits per heavy atom. The first-order valence-electron chi connectivity index (χ1n) is 4.40. The minimum absolute atomic E-state index is 0.0826. The number of hydrogen-bond donors (Lipinski definition) is 1. The molecule has 16 heavy (non-hydrogen) atoms. The van der Waals surface area contributed by atoms with Crippen LogP contribution in [0.2, 0.25) is 0 Å². The van der Waals surface area contributed by atoms with Crippen LogP contribution in [0.5, 0.6) is 5.88 Å². The molecule has 0 amide bonds. The van der Waals surface area contributed by atoms with E-state index in [1.807, 2.05) is 0 Å². The molecule has 0 aliphatic carbocycles. The van der Waals surface area contributed by atoms with Crippen molar-refractivity contribution in [1.82, 2.24) is 9.97 Å². The molecule has 7 heteroatoms. The molecule has 0 saturated heterocycles. The van der Waals surface area contributed by atoms with Crippen molar-refractivity contribution in [3.05, 3.63) is 16.4 Å². The third-order valence-electron chi connectivity index (χ3n) is 1.73. The van der Waals surface area contributed by atoms with Crippen molar-refractivity contribution in [3.8, 4) is 18.2 Å². The number of terminal acetylenes is 1. The van der Waals surface area contributed by atoms with Gasteiger partial charge in [-0.05, 0) is 6.92 Å². The summed E-state index contributed by atoms with van der Waals surface area (Å²) in [7, 11) is 1.52. The predicted molar refractivity (Wildman–Crippen MR) is 57.2 cm³/mol. The van der Waals surface area contributed by atoms with Crippen LogP contribution in [0.3, 0.4) is 0 Å². The first-order valence-corrected chi connectivity index (χ1v) is 4.40. The Balaban J connectivity index is 3.18. The number of nitrogens with one attached hydrogen (secondary N) is 1. The van der Waals surface area contributed by atoms with Gasteiger partial charge in [-0.25, -0.2) is 4.98 Å². The Morgan fingerprint density at radius 3 is 2.88 bits per heavy atom. The van der Waals surface area contributed by atoms with E-state index in [1.165, 1.54) is 7.05 Å². The van der Waals surface area contributed by atoms with Gasteiger partial charge in [-0.3, -0.25) is 10.1 Å². The SMILES string of the molecule is C#CC(C)Oc1ncnc(NC)c1[N+](=O)[O-]. The van der Waals surface area contributed by atoms with Gasteiger partial charge < -0.3 is 10.1 Å². The first kappa shape index (κ1) is 11.7. The maximum absolute atomic E-state index is 10.8. The highest BCUT2D eigenvalue weighted by molar-refractivity contribution is 5.60. The largest absolute Gasteiger partial charge is 0.456 e. The van der Waals surface area contributed by atoms with E-state index in [-0.39, 0.29) is 17.4 Å². The van der Waals surface area contributed by atoms with E-state index in [0.29, 0.717) is 0 Å². The lowest BCUT2D eigenvalue weighted by Gasteiger charge is -2.09. The molecular formula is C9H10N4O3. The summed E-state index contributed by atoms with van der Waals surface area (Å²) < 4.78 is 5.13. The molecule has 0 bridgehead atoms. The molecular weight excluding hydrogens is 212 g/mol. The standard InChI is InChI=1S/C9H10N4O3/c1-4-6(2)16-9-7(13(14)15)8(10-3)11-5-12-9/h1,5-6H,2-3H3,(H,10,11,12). The van der Waals surface area contributed by atoms with Crippen LogP contribution in [0.25, 0.3) is 0 Å². The van der Waals surface area contributed by atoms with Gasteiger partial charge in [0.15, 0.2) is 6.10 Å². The number of hydrogen-bond acceptors (Lipinski definition) is 6. The molecule has 0 radical (unpaired) electrons. The van der Waals surface area contributed by atoms with Crippen LogP contribution in [-0.4, -0.2) is 28.0 Å². The molecule has 1 N–H and O–H groups in total. The Labute approximate surface area is 92.0 Å². The highest BCUT2D eigenvalue weighted by Gasteiger charge is 2.24. The number of nitro groups is 1. The van der Waals surface area contributed by atoms with Gasteiger partial charge in [0, 0.05) is 7.05 Å². The zero-order valence-corrected chi connectivity index (χ0v) is 8.80. The first-order chi connectivity index (χ1) is 7.60. The normalized spacial score (nSPS) is 11.3. The van der Waals surface area contributed by atoms with Crippen LogP contribution in [0, 0.1) is 22.5 Å². The Bertz CT molecular complexity index is 441. The van der Waals surface area contributed by atoms with Gasteiger partial charge >= 0.3 is 11.6 Å². The van der Waals surface area contributed by atoms with E-state index >= 15 is 0 Å². The average Bonchev–Trinajstić information content (AvgIpc) is 2.28. The second-order valence-corrected chi connectivity index (χ2v) is 2.81. The molecule has 0 aliphatic heterocycles. The molecule has 84 valence electrons. The van der Waals surface area contributed by atoms with Gasteiger partial charge in [-0.15, -0.1) is 6.42 Å². The van der Waals surface area contributed by atoms with Crippen LogP contribution in [-0.2, 0) is 0 Å². The van der Waals surface area contributed by atoms with Crippen molar-refractivity contribution in [2.45, 2.75) is 13.0 Å². The van der Waals surface area contributed by atoms with E-state index in [4.69, 9.17) is 11.2 Å². The fraction of sp³-hybridized carbons (Fsp3) is 0.333. The number of anilines is 1. The van der Waals surface area contributed by atoms with E-state index in [9.17, 15) is 10.1 Å². The molecule has 7 nitrogen and oxygen atoms in total. The summed E-state index contributed by atoms with van der Waals surface area (Å²) >= 11 is 0. The summed E-state index contributed by atoms with van der Waals surface area (Å²) in [6.07, 6.45) is 5.68. The number of nitrogens with zero attached hydrogens (tertiary/aromatic N) is 3. The summed E-state index contributed by atoms with van der Waals surface area (Å²) in [6, 6.07) is 0. The lowest BCUT2D eigenvalue weighted by atomic mass is 10.4. The highest BCUT2D eigenvalue weighted by atomic mass is 16.6. The van der Waals surface area contributed by atoms with Gasteiger partial charge in [0.2, 0.25) is 5.82 Å². The Hall–Kier alpha value is -2.36. The zero-order chi connectivity index (χ0) is 12.1. The summed E-state index contributed by atoms with van der Waals surface area (Å²) in [5.74, 6) is 2.23. The maximum atomic E-state index is 10.8. The number of ether oxygens (including phenoxy) is 1. The van der Waals surface area contributed by atoms with Gasteiger partial charge in [-0.1, -0.05) is 5.92 Å². The predicted octanol–water partition coefficient (Wildman–Crippen LogP) is 0.827. The smallest absolute Gasteiger partial charge is 0.372 e. The lowest BCUT2D eigenvalue weighted by molar-refractivity contribution is -0.385. The third kappa shape index (κ3) is 2.36. The van der Waals surface area contributed by atoms with Crippen molar-refractivity contribution < 1.29 is 9.66 Å². The Kier molecular flexibility index (Phi) is 3.61. The highest BCUT2D eigenvalue weighted by Crippen LogP contribution is 2.30. The molecule has 0 saturated carbocycles. The molecule has 0 aliphatic rings. The van der Waals surface area contributed by atoms with Crippen molar-refractivity contribution in [2.24, 2.45) is 0 Å². The van der Waals surface area contributed by atoms with Crippen molar-refractivity contribution >= 4 is 11.5 Å². The van der Waals surface area contributed by atoms with Gasteiger partial charge in [0.05, 0.1) is 4.92 Å². The molecule has 1 atom stereocenters. The number of aromatic nitrogens is 2. The van der Waals surface area contributed by atoms with Crippen LogP contribution >= 0.6 is 0 Å². The molecule has 1 aromatic rings. The molecule has 1 unspecified atom stereocenters. The van der Waals surface area contributed by atoms with Gasteiger partial charge in [-0.2, -0.15) is 4.98 Å². The average molecular weight is 222 g/mol. The quantitative estimate of drug-likeness (QED) is 0.461. The summed E-state index contributed by atoms with van der Waals surface area (Å²) in [4.78, 5) is 17.6. The van der Waals surface area contributed by atoms with Crippen molar-refractivity contribution in [3.63, 3.8) is 0 Å². The van der Waals surface area contributed by atoms with Crippen LogP contribution in [0.15, 0.2) is 6.33 Å². The summed E-state index contributed by atoms with van der Waals surface area (Å²) in [5, 5.41) is 13.4. The van der Waals surface area contributed by atoms with Gasteiger partial charge in [0.1, 0.15) is 6.33 Å². The van der Waals surface area contributed by atoms with Gasteiger partial charge in [0.25, 0.3) is 0 Å². The monoisotopic (exact) mass is 222 g/mol. The summed E-state index contributed by atoms with van der Waals surface area (Å²) in [5.41, 5.74) is -0.327. The molecule has 0 spiro atoms. The lowest BCUT2D eigenvalue weighted by Crippen LogP contribution is -2.12. The fourth-order valence-electron chi connectivity index (χ4n) is 0.998. The van der Waals surface area contributed by atoms with Crippen molar-refractivity contribution in [2.75, 3.05) is 12.4 Å². The second-order valence-electron chi connectivity index (χ2n) is 2.81. The van der Waals surface area contributed by atoms with Crippen LogP contribution in [0.1, 0.15) is 6.92 Å². The third-order valence-corrected chi connectivity index (χ3v) is 1.73. The molecule has 1 heterocycles. The van der Waals surface area contributed by atoms with E-state index in [1.54, 1.807) is 6.92 Å². The Morgan fingerprint density at radius 1 is 1.69 bits per heavy atom. The van der Waals surface area contributed by atoms with Crippen LogP contribution < -0.4 is 10.1 Å². The number of rotatable bonds is 4. The van der Waals surface area contributed by atoms with E-state index in [2.05, 4.69) is 21.2 Å². The minimum Gasteiger partial charge on any atom is -0.456 e. The zero-order valence-electron chi connectivity index (χ0n) is 8.80. The molecule has 1 aromatic heterocycles. The molecule has 0 aromatic carbocycles. The van der Waals surface area contributed by atoms with E-state index < -0.39 is 11.0 Å². The molecule has 1 rings (SSSR count). The minimum atomic E-state index is -0.621. The topological polar surface area (TPSA) is 90.2 Å². The molecule has 0 fully saturated rings. The van der Waals surface area contributed by atoms with Crippen molar-refractivity contribution in [1.29, 1.82) is 0 Å². The fourth-order valence-corrected chi connectivity index (χ4v) is 0.998. The maximum Gasteiger partial charge on any atom is 0.372 e. The van der Waals surface area contributed by atoms with Crippen LogP contribution in [0.4, 0.5) is 11.5 Å². The summed E-state index contributed by atoms with van der Waals surface area (Å²) in [6.45, 7) is 1.59.